The van der Waals surface area contributed by atoms with Gasteiger partial charge in [0.05, 0.1) is 24.2 Å². The molecular formula is C31H50O5. The molecule has 0 aromatic heterocycles. The predicted molar refractivity (Wildman–Crippen MR) is 140 cm³/mol. The molecule has 5 nitrogen and oxygen atoms in total. The molecule has 0 spiro atoms. The summed E-state index contributed by atoms with van der Waals surface area (Å²) in [5, 5.41) is 43.0. The van der Waals surface area contributed by atoms with Gasteiger partial charge in [-0.15, -0.1) is 0 Å². The Balaban J connectivity index is 1.63. The van der Waals surface area contributed by atoms with Crippen LogP contribution in [-0.2, 0) is 4.79 Å². The largest absolute Gasteiger partial charge is 0.481 e. The lowest BCUT2D eigenvalue weighted by molar-refractivity contribution is -0.244. The summed E-state index contributed by atoms with van der Waals surface area (Å²) in [6, 6.07) is 0. The van der Waals surface area contributed by atoms with E-state index in [9.17, 15) is 25.2 Å². The van der Waals surface area contributed by atoms with Crippen LogP contribution in [0, 0.1) is 56.2 Å². The number of hydrogen-bond donors (Lipinski definition) is 4. The van der Waals surface area contributed by atoms with Crippen LogP contribution in [0.5, 0.6) is 0 Å². The SMILES string of the molecule is CC1C2C3=CCC4C5(C)CC(O)C(O)C(C)(CO)C5CCC4(C)C3(C)CCC2(C(=O)O)CCC1(C)C. The molecule has 0 aromatic rings. The fourth-order valence-electron chi connectivity index (χ4n) is 11.1. The van der Waals surface area contributed by atoms with Gasteiger partial charge in [0, 0.05) is 5.41 Å². The van der Waals surface area contributed by atoms with Gasteiger partial charge in [0.2, 0.25) is 0 Å². The van der Waals surface area contributed by atoms with E-state index in [1.54, 1.807) is 0 Å². The van der Waals surface area contributed by atoms with Crippen LogP contribution >= 0.6 is 0 Å². The molecule has 11 unspecified atom stereocenters. The van der Waals surface area contributed by atoms with Crippen LogP contribution in [0.3, 0.4) is 0 Å². The molecule has 0 amide bonds. The fraction of sp³-hybridized carbons (Fsp3) is 0.903. The van der Waals surface area contributed by atoms with E-state index in [-0.39, 0.29) is 40.1 Å². The van der Waals surface area contributed by atoms with Crippen molar-refractivity contribution >= 4 is 5.97 Å². The summed E-state index contributed by atoms with van der Waals surface area (Å²) in [6.45, 7) is 16.0. The predicted octanol–water partition coefficient (Wildman–Crippen LogP) is 5.42. The van der Waals surface area contributed by atoms with E-state index in [2.05, 4.69) is 47.6 Å². The molecule has 204 valence electrons. The van der Waals surface area contributed by atoms with E-state index in [4.69, 9.17) is 0 Å². The fourth-order valence-corrected chi connectivity index (χ4v) is 11.1. The third-order valence-electron chi connectivity index (χ3n) is 14.0. The van der Waals surface area contributed by atoms with Crippen molar-refractivity contribution in [2.45, 2.75) is 112 Å². The second-order valence-corrected chi connectivity index (χ2v) is 15.4. The number of carboxylic acids is 1. The summed E-state index contributed by atoms with van der Waals surface area (Å²) in [6.07, 6.45) is 7.41. The zero-order valence-corrected chi connectivity index (χ0v) is 23.6. The van der Waals surface area contributed by atoms with Crippen LogP contribution in [0.2, 0.25) is 0 Å². The first-order valence-corrected chi connectivity index (χ1v) is 14.5. The van der Waals surface area contributed by atoms with E-state index < -0.39 is 29.0 Å². The Morgan fingerprint density at radius 2 is 1.61 bits per heavy atom. The third-order valence-corrected chi connectivity index (χ3v) is 14.0. The van der Waals surface area contributed by atoms with Crippen molar-refractivity contribution in [3.8, 4) is 0 Å². The maximum Gasteiger partial charge on any atom is 0.310 e. The van der Waals surface area contributed by atoms with E-state index in [1.165, 1.54) is 5.57 Å². The average Bonchev–Trinajstić information content (AvgIpc) is 2.80. The molecule has 0 radical (unpaired) electrons. The molecule has 0 aliphatic heterocycles. The number of allylic oxidation sites excluding steroid dienone is 2. The number of hydrogen-bond acceptors (Lipinski definition) is 4. The van der Waals surface area contributed by atoms with Gasteiger partial charge in [-0.3, -0.25) is 4.79 Å². The molecule has 4 saturated carbocycles. The molecule has 5 aliphatic carbocycles. The molecule has 11 atom stereocenters. The summed E-state index contributed by atoms with van der Waals surface area (Å²) < 4.78 is 0. The van der Waals surface area contributed by atoms with E-state index in [1.807, 2.05) is 6.92 Å². The average molecular weight is 503 g/mol. The van der Waals surface area contributed by atoms with Gasteiger partial charge in [-0.05, 0) is 96.7 Å². The zero-order valence-electron chi connectivity index (χ0n) is 23.6. The lowest BCUT2D eigenvalue weighted by atomic mass is 9.32. The minimum absolute atomic E-state index is 0.0211. The van der Waals surface area contributed by atoms with Crippen LogP contribution in [-0.4, -0.2) is 45.2 Å². The number of fused-ring (bicyclic) bond motifs is 7. The van der Waals surface area contributed by atoms with Gasteiger partial charge >= 0.3 is 5.97 Å². The quantitative estimate of drug-likeness (QED) is 0.378. The first-order chi connectivity index (χ1) is 16.5. The normalized spacial score (nSPS) is 55.9. The highest BCUT2D eigenvalue weighted by Crippen LogP contribution is 2.76. The molecule has 4 N–H and O–H groups in total. The first-order valence-electron chi connectivity index (χ1n) is 14.5. The lowest BCUT2D eigenvalue weighted by Crippen LogP contribution is -2.68. The Kier molecular flexibility index (Phi) is 5.80. The zero-order chi connectivity index (χ0) is 26.7. The van der Waals surface area contributed by atoms with Gasteiger partial charge in [0.15, 0.2) is 0 Å². The molecule has 5 aliphatic rings. The van der Waals surface area contributed by atoms with Crippen molar-refractivity contribution in [1.82, 2.24) is 0 Å². The summed E-state index contributed by atoms with van der Waals surface area (Å²) in [5.74, 6) is 0.199. The number of carboxylic acid groups (broad SMARTS) is 1. The number of carbonyl (C=O) groups is 1. The second kappa shape index (κ2) is 7.82. The molecule has 0 saturated heterocycles. The van der Waals surface area contributed by atoms with Crippen LogP contribution in [0.15, 0.2) is 11.6 Å². The Hall–Kier alpha value is -0.910. The van der Waals surface area contributed by atoms with Gasteiger partial charge in [0.25, 0.3) is 0 Å². The Morgan fingerprint density at radius 3 is 2.22 bits per heavy atom. The van der Waals surface area contributed by atoms with Gasteiger partial charge < -0.3 is 20.4 Å². The summed E-state index contributed by atoms with van der Waals surface area (Å²) in [7, 11) is 0. The minimum atomic E-state index is -0.911. The van der Waals surface area contributed by atoms with Gasteiger partial charge in [-0.2, -0.15) is 0 Å². The van der Waals surface area contributed by atoms with Crippen LogP contribution in [0.4, 0.5) is 0 Å². The van der Waals surface area contributed by atoms with Crippen molar-refractivity contribution in [2.75, 3.05) is 6.61 Å². The number of aliphatic carboxylic acids is 1. The van der Waals surface area contributed by atoms with Crippen molar-refractivity contribution in [2.24, 2.45) is 56.2 Å². The maximum absolute atomic E-state index is 12.9. The lowest BCUT2D eigenvalue weighted by Gasteiger charge is -2.72. The third kappa shape index (κ3) is 2.97. The second-order valence-electron chi connectivity index (χ2n) is 15.4. The number of aliphatic hydroxyl groups excluding tert-OH is 3. The summed E-state index contributed by atoms with van der Waals surface area (Å²) in [5.41, 5.74) is -0.183. The molecule has 4 fully saturated rings. The Morgan fingerprint density at radius 1 is 0.972 bits per heavy atom. The van der Waals surface area contributed by atoms with E-state index in [0.717, 1.165) is 44.9 Å². The van der Waals surface area contributed by atoms with Gasteiger partial charge in [-0.1, -0.05) is 60.1 Å². The van der Waals surface area contributed by atoms with Crippen molar-refractivity contribution in [1.29, 1.82) is 0 Å². The smallest absolute Gasteiger partial charge is 0.310 e. The molecule has 36 heavy (non-hydrogen) atoms. The number of aliphatic hydroxyl groups is 3. The highest BCUT2D eigenvalue weighted by atomic mass is 16.4. The van der Waals surface area contributed by atoms with E-state index in [0.29, 0.717) is 18.3 Å². The maximum atomic E-state index is 12.9. The molecule has 0 bridgehead atoms. The van der Waals surface area contributed by atoms with Crippen LogP contribution in [0.1, 0.15) is 99.8 Å². The first kappa shape index (κ1) is 26.7. The molecule has 0 heterocycles. The van der Waals surface area contributed by atoms with Crippen molar-refractivity contribution in [3.05, 3.63) is 11.6 Å². The van der Waals surface area contributed by atoms with Crippen LogP contribution in [0.25, 0.3) is 0 Å². The standard InChI is InChI=1S/C31H50O5/c1-18-23-19-8-9-22-27(4)16-20(33)24(34)28(5,17-32)21(27)10-11-30(22,7)29(19,6)13-15-31(23,25(35)36)14-12-26(18,2)3/h8,18,20-24,32-34H,9-17H2,1-7H3,(H,35,36). The highest BCUT2D eigenvalue weighted by molar-refractivity contribution is 5.76. The Bertz CT molecular complexity index is 972. The monoisotopic (exact) mass is 502 g/mol. The molecule has 5 heteroatoms. The van der Waals surface area contributed by atoms with Crippen molar-refractivity contribution in [3.63, 3.8) is 0 Å². The molecule has 0 aromatic carbocycles. The van der Waals surface area contributed by atoms with Gasteiger partial charge in [-0.25, -0.2) is 0 Å². The van der Waals surface area contributed by atoms with Crippen molar-refractivity contribution < 1.29 is 25.2 Å². The van der Waals surface area contributed by atoms with E-state index >= 15 is 0 Å². The summed E-state index contributed by atoms with van der Waals surface area (Å²) in [4.78, 5) is 12.9. The van der Waals surface area contributed by atoms with Crippen LogP contribution < -0.4 is 0 Å². The minimum Gasteiger partial charge on any atom is -0.481 e. The summed E-state index contributed by atoms with van der Waals surface area (Å²) >= 11 is 0. The van der Waals surface area contributed by atoms with Gasteiger partial charge in [0.1, 0.15) is 0 Å². The number of rotatable bonds is 2. The molecule has 5 rings (SSSR count). The topological polar surface area (TPSA) is 98.0 Å². The Labute approximate surface area is 217 Å². The molecular weight excluding hydrogens is 452 g/mol. The highest BCUT2D eigenvalue weighted by Gasteiger charge is 2.71.